The lowest BCUT2D eigenvalue weighted by Crippen LogP contribution is -2.18. The van der Waals surface area contributed by atoms with Crippen LogP contribution in [0.2, 0.25) is 5.02 Å². The molecular weight excluding hydrogens is 416 g/mol. The quantitative estimate of drug-likeness (QED) is 0.425. The van der Waals surface area contributed by atoms with E-state index < -0.39 is 0 Å². The third kappa shape index (κ3) is 3.59. The van der Waals surface area contributed by atoms with Crippen LogP contribution in [-0.2, 0) is 0 Å². The van der Waals surface area contributed by atoms with Gasteiger partial charge in [-0.05, 0) is 50.1 Å². The van der Waals surface area contributed by atoms with Crippen LogP contribution in [0.3, 0.4) is 0 Å². The number of halogens is 1. The summed E-state index contributed by atoms with van der Waals surface area (Å²) in [5.41, 5.74) is 4.44. The van der Waals surface area contributed by atoms with E-state index in [4.69, 9.17) is 11.6 Å². The van der Waals surface area contributed by atoms with Crippen LogP contribution < -0.4 is 16.1 Å². The molecule has 0 radical (unpaired) electrons. The zero-order valence-corrected chi connectivity index (χ0v) is 17.7. The highest BCUT2D eigenvalue weighted by Crippen LogP contribution is 2.34. The number of rotatable bonds is 4. The van der Waals surface area contributed by atoms with Crippen LogP contribution in [0.4, 0.5) is 11.4 Å². The summed E-state index contributed by atoms with van der Waals surface area (Å²) < 4.78 is 1.46. The fraction of sp³-hybridized carbons (Fsp3) is 0.227. The van der Waals surface area contributed by atoms with Crippen molar-refractivity contribution in [3.63, 3.8) is 0 Å². The Morgan fingerprint density at radius 3 is 2.55 bits per heavy atom. The molecule has 0 aliphatic carbocycles. The summed E-state index contributed by atoms with van der Waals surface area (Å²) in [7, 11) is 0. The molecule has 3 N–H and O–H groups in total. The van der Waals surface area contributed by atoms with Crippen LogP contribution in [0.5, 0.6) is 0 Å². The highest BCUT2D eigenvalue weighted by atomic mass is 35.5. The lowest BCUT2D eigenvalue weighted by atomic mass is 10.2. The Morgan fingerprint density at radius 2 is 1.81 bits per heavy atom. The normalized spacial score (nSPS) is 14.3. The summed E-state index contributed by atoms with van der Waals surface area (Å²) in [6.45, 7) is 3.71. The van der Waals surface area contributed by atoms with Gasteiger partial charge in [0.2, 0.25) is 0 Å². The number of anilines is 1. The minimum Gasteiger partial charge on any atom is -0.370 e. The van der Waals surface area contributed by atoms with Gasteiger partial charge in [0.25, 0.3) is 5.56 Å². The van der Waals surface area contributed by atoms with Gasteiger partial charge in [-0.15, -0.1) is 0 Å². The highest BCUT2D eigenvalue weighted by molar-refractivity contribution is 6.30. The Kier molecular flexibility index (Phi) is 4.78. The topological polar surface area (TPSA) is 102 Å². The van der Waals surface area contributed by atoms with E-state index in [2.05, 4.69) is 25.0 Å². The van der Waals surface area contributed by atoms with Gasteiger partial charge in [-0.3, -0.25) is 14.9 Å². The van der Waals surface area contributed by atoms with Crippen molar-refractivity contribution in [2.45, 2.75) is 19.8 Å². The number of fused-ring (bicyclic) bond motifs is 1. The summed E-state index contributed by atoms with van der Waals surface area (Å²) in [5.74, 6) is 0. The van der Waals surface area contributed by atoms with Crippen molar-refractivity contribution in [3.8, 4) is 5.69 Å². The average Bonchev–Trinajstić information content (AvgIpc) is 3.45. The third-order valence-corrected chi connectivity index (χ3v) is 5.81. The number of aliphatic imine (C=N–C) groups is 1. The zero-order chi connectivity index (χ0) is 21.5. The van der Waals surface area contributed by atoms with Gasteiger partial charge in [-0.2, -0.15) is 0 Å². The van der Waals surface area contributed by atoms with E-state index in [-0.39, 0.29) is 11.2 Å². The van der Waals surface area contributed by atoms with Crippen molar-refractivity contribution in [2.75, 3.05) is 18.0 Å². The maximum atomic E-state index is 13.0. The van der Waals surface area contributed by atoms with Crippen molar-refractivity contribution >= 4 is 40.2 Å². The molecule has 31 heavy (non-hydrogen) atoms. The summed E-state index contributed by atoms with van der Waals surface area (Å²) >= 11 is 6.08. The molecule has 0 bridgehead atoms. The largest absolute Gasteiger partial charge is 0.370 e. The van der Waals surface area contributed by atoms with E-state index in [0.717, 1.165) is 37.1 Å². The number of H-pyrrole nitrogens is 3. The molecule has 3 heterocycles. The second kappa shape index (κ2) is 7.63. The molecule has 0 unspecified atom stereocenters. The lowest BCUT2D eigenvalue weighted by Gasteiger charge is -2.19. The Balaban J connectivity index is 1.58. The molecule has 1 fully saturated rings. The fourth-order valence-electron chi connectivity index (χ4n) is 4.02. The molecule has 5 rings (SSSR count). The number of hydrogen-bond donors (Lipinski definition) is 3. The molecule has 2 aromatic heterocycles. The van der Waals surface area contributed by atoms with E-state index in [1.54, 1.807) is 24.4 Å². The molecule has 0 saturated carbocycles. The van der Waals surface area contributed by atoms with Gasteiger partial charge in [0, 0.05) is 30.0 Å². The molecule has 158 valence electrons. The summed E-state index contributed by atoms with van der Waals surface area (Å²) in [6.07, 6.45) is 3.82. The Bertz CT molecular complexity index is 1420. The van der Waals surface area contributed by atoms with Crippen LogP contribution in [0.25, 0.3) is 16.7 Å². The van der Waals surface area contributed by atoms with Crippen LogP contribution in [0.1, 0.15) is 24.1 Å². The monoisotopic (exact) mass is 436 g/mol. The standard InChI is InChI=1S/C22H21ClN6O2/c1-13-16(21(30)29(27-13)15-6-4-5-14(23)9-15)12-24-19-10-17-18(26-22(31)25-17)11-20(19)28-7-2-3-8-28/h4-6,9-12,27H,2-3,7-8H2,1H3,(H2,25,26,31). The van der Waals surface area contributed by atoms with Crippen molar-refractivity contribution in [3.05, 3.63) is 73.5 Å². The Morgan fingerprint density at radius 1 is 1.06 bits per heavy atom. The molecule has 1 aliphatic heterocycles. The number of hydrogen-bond acceptors (Lipinski definition) is 4. The molecule has 2 aromatic carbocycles. The van der Waals surface area contributed by atoms with E-state index in [0.29, 0.717) is 33.2 Å². The second-order valence-electron chi connectivity index (χ2n) is 7.69. The number of aromatic nitrogens is 4. The first-order valence-electron chi connectivity index (χ1n) is 10.1. The van der Waals surface area contributed by atoms with Gasteiger partial charge >= 0.3 is 5.69 Å². The van der Waals surface area contributed by atoms with E-state index >= 15 is 0 Å². The number of nitrogens with zero attached hydrogens (tertiary/aromatic N) is 3. The highest BCUT2D eigenvalue weighted by Gasteiger charge is 2.18. The Hall–Kier alpha value is -3.52. The molecule has 1 saturated heterocycles. The van der Waals surface area contributed by atoms with Gasteiger partial charge in [-0.25, -0.2) is 9.48 Å². The van der Waals surface area contributed by atoms with Crippen molar-refractivity contribution in [1.29, 1.82) is 0 Å². The first kappa shape index (κ1) is 19.4. The molecule has 0 amide bonds. The lowest BCUT2D eigenvalue weighted by molar-refractivity contribution is 0.835. The molecule has 0 atom stereocenters. The molecule has 1 aliphatic rings. The van der Waals surface area contributed by atoms with Crippen LogP contribution in [0.15, 0.2) is 51.0 Å². The maximum Gasteiger partial charge on any atom is 0.323 e. The van der Waals surface area contributed by atoms with Crippen molar-refractivity contribution < 1.29 is 0 Å². The summed E-state index contributed by atoms with van der Waals surface area (Å²) in [4.78, 5) is 37.3. The third-order valence-electron chi connectivity index (χ3n) is 5.57. The van der Waals surface area contributed by atoms with Gasteiger partial charge < -0.3 is 14.9 Å². The average molecular weight is 437 g/mol. The number of benzene rings is 2. The second-order valence-corrected chi connectivity index (χ2v) is 8.13. The zero-order valence-electron chi connectivity index (χ0n) is 16.9. The number of nitrogens with one attached hydrogen (secondary N) is 3. The maximum absolute atomic E-state index is 13.0. The fourth-order valence-corrected chi connectivity index (χ4v) is 4.20. The first-order valence-corrected chi connectivity index (χ1v) is 10.5. The van der Waals surface area contributed by atoms with E-state index in [1.807, 2.05) is 25.1 Å². The van der Waals surface area contributed by atoms with Gasteiger partial charge in [0.1, 0.15) is 0 Å². The smallest absolute Gasteiger partial charge is 0.323 e. The SMILES string of the molecule is Cc1[nH]n(-c2cccc(Cl)c2)c(=O)c1C=Nc1cc2[nH]c(=O)[nH]c2cc1N1CCCC1. The Labute approximate surface area is 182 Å². The molecular formula is C22H21ClN6O2. The minimum absolute atomic E-state index is 0.206. The minimum atomic E-state index is -0.255. The van der Waals surface area contributed by atoms with Crippen molar-refractivity contribution in [2.24, 2.45) is 4.99 Å². The predicted molar refractivity (Wildman–Crippen MR) is 124 cm³/mol. The summed E-state index contributed by atoms with van der Waals surface area (Å²) in [5, 5.41) is 3.64. The van der Waals surface area contributed by atoms with E-state index in [1.165, 1.54) is 4.68 Å². The molecule has 4 aromatic rings. The summed E-state index contributed by atoms with van der Waals surface area (Å²) in [6, 6.07) is 10.9. The number of aromatic amines is 3. The van der Waals surface area contributed by atoms with Gasteiger partial charge in [0.15, 0.2) is 0 Å². The predicted octanol–water partition coefficient (Wildman–Crippen LogP) is 3.65. The van der Waals surface area contributed by atoms with Crippen LogP contribution >= 0.6 is 11.6 Å². The molecule has 0 spiro atoms. The number of imidazole rings is 1. The van der Waals surface area contributed by atoms with Gasteiger partial charge in [-0.1, -0.05) is 17.7 Å². The first-order chi connectivity index (χ1) is 15.0. The number of aryl methyl sites for hydroxylation is 1. The van der Waals surface area contributed by atoms with Crippen LogP contribution in [-0.4, -0.2) is 39.1 Å². The molecule has 9 heteroatoms. The van der Waals surface area contributed by atoms with E-state index in [9.17, 15) is 9.59 Å². The van der Waals surface area contributed by atoms with Crippen LogP contribution in [0, 0.1) is 6.92 Å². The molecule has 8 nitrogen and oxygen atoms in total. The van der Waals surface area contributed by atoms with Crippen molar-refractivity contribution in [1.82, 2.24) is 19.7 Å². The van der Waals surface area contributed by atoms with Gasteiger partial charge in [0.05, 0.1) is 33.7 Å².